The lowest BCUT2D eigenvalue weighted by Gasteiger charge is -2.45. The Kier molecular flexibility index (Phi) is 3.78. The van der Waals surface area contributed by atoms with E-state index >= 15 is 0 Å². The van der Waals surface area contributed by atoms with E-state index in [1.54, 1.807) is 11.3 Å². The Hall–Kier alpha value is -0.650. The van der Waals surface area contributed by atoms with Crippen molar-refractivity contribution in [1.82, 2.24) is 9.88 Å². The summed E-state index contributed by atoms with van der Waals surface area (Å²) in [5.41, 5.74) is 6.93. The van der Waals surface area contributed by atoms with Crippen molar-refractivity contribution in [2.24, 2.45) is 11.7 Å². The van der Waals surface area contributed by atoms with E-state index in [0.29, 0.717) is 0 Å². The average molecular weight is 280 g/mol. The molecule has 5 heteroatoms. The van der Waals surface area contributed by atoms with Gasteiger partial charge in [0.1, 0.15) is 0 Å². The second-order valence-electron chi connectivity index (χ2n) is 6.03. The maximum Gasteiger partial charge on any atom is 0.185 e. The minimum atomic E-state index is 0.0448. The topological polar surface area (TPSA) is 45.4 Å². The number of hydrogen-bond acceptors (Lipinski definition) is 5. The largest absolute Gasteiger partial charge is 0.348 e. The van der Waals surface area contributed by atoms with E-state index in [1.807, 2.05) is 6.92 Å². The van der Waals surface area contributed by atoms with Crippen molar-refractivity contribution in [3.63, 3.8) is 0 Å². The SMILES string of the molecule is CC(N)c1csc(N2CCC3C(CCCN3C)C2)n1. The monoisotopic (exact) mass is 280 g/mol. The van der Waals surface area contributed by atoms with Crippen LogP contribution in [0.15, 0.2) is 5.38 Å². The molecule has 0 bridgehead atoms. The molecule has 2 fully saturated rings. The van der Waals surface area contributed by atoms with Gasteiger partial charge in [0.25, 0.3) is 0 Å². The van der Waals surface area contributed by atoms with Crippen LogP contribution in [0.3, 0.4) is 0 Å². The zero-order valence-corrected chi connectivity index (χ0v) is 12.7. The summed E-state index contributed by atoms with van der Waals surface area (Å²) in [6.07, 6.45) is 3.99. The lowest BCUT2D eigenvalue weighted by atomic mass is 9.84. The molecule has 0 radical (unpaired) electrons. The predicted octanol–water partition coefficient (Wildman–Crippen LogP) is 2.08. The molecule has 3 atom stereocenters. The molecular weight excluding hydrogens is 256 g/mol. The van der Waals surface area contributed by atoms with Crippen LogP contribution in [0, 0.1) is 5.92 Å². The van der Waals surface area contributed by atoms with E-state index in [2.05, 4.69) is 22.2 Å². The number of anilines is 1. The Bertz CT molecular complexity index is 431. The third kappa shape index (κ3) is 2.64. The van der Waals surface area contributed by atoms with Crippen LogP contribution in [-0.4, -0.2) is 42.6 Å². The Balaban J connectivity index is 1.70. The zero-order valence-electron chi connectivity index (χ0n) is 11.9. The number of aromatic nitrogens is 1. The summed E-state index contributed by atoms with van der Waals surface area (Å²) in [7, 11) is 2.28. The summed E-state index contributed by atoms with van der Waals surface area (Å²) in [5, 5.41) is 3.28. The maximum absolute atomic E-state index is 5.90. The number of rotatable bonds is 2. The van der Waals surface area contributed by atoms with E-state index in [9.17, 15) is 0 Å². The molecule has 0 amide bonds. The molecule has 2 aliphatic rings. The van der Waals surface area contributed by atoms with Gasteiger partial charge in [-0.3, -0.25) is 0 Å². The van der Waals surface area contributed by atoms with Crippen molar-refractivity contribution < 1.29 is 0 Å². The minimum Gasteiger partial charge on any atom is -0.348 e. The van der Waals surface area contributed by atoms with E-state index in [4.69, 9.17) is 10.7 Å². The van der Waals surface area contributed by atoms with Gasteiger partial charge < -0.3 is 15.5 Å². The third-order valence-corrected chi connectivity index (χ3v) is 5.51. The van der Waals surface area contributed by atoms with Crippen LogP contribution in [0.25, 0.3) is 0 Å². The number of hydrogen-bond donors (Lipinski definition) is 1. The minimum absolute atomic E-state index is 0.0448. The van der Waals surface area contributed by atoms with Gasteiger partial charge >= 0.3 is 0 Å². The number of piperidine rings is 2. The van der Waals surface area contributed by atoms with Crippen LogP contribution in [-0.2, 0) is 0 Å². The van der Waals surface area contributed by atoms with Crippen LogP contribution in [0.4, 0.5) is 5.13 Å². The fourth-order valence-electron chi connectivity index (χ4n) is 3.46. The van der Waals surface area contributed by atoms with Crippen LogP contribution in [0.1, 0.15) is 37.9 Å². The van der Waals surface area contributed by atoms with Crippen molar-refractivity contribution in [3.8, 4) is 0 Å². The first-order chi connectivity index (χ1) is 9.15. The van der Waals surface area contributed by atoms with Crippen molar-refractivity contribution in [1.29, 1.82) is 0 Å². The fraction of sp³-hybridized carbons (Fsp3) is 0.786. The summed E-state index contributed by atoms with van der Waals surface area (Å²) in [6.45, 7) is 5.58. The molecule has 1 aromatic rings. The van der Waals surface area contributed by atoms with Crippen molar-refractivity contribution in [3.05, 3.63) is 11.1 Å². The van der Waals surface area contributed by atoms with Crippen molar-refractivity contribution >= 4 is 16.5 Å². The van der Waals surface area contributed by atoms with E-state index in [-0.39, 0.29) is 6.04 Å². The van der Waals surface area contributed by atoms with Gasteiger partial charge in [0.05, 0.1) is 5.69 Å². The van der Waals surface area contributed by atoms with Gasteiger partial charge in [0, 0.05) is 30.6 Å². The second-order valence-corrected chi connectivity index (χ2v) is 6.87. The van der Waals surface area contributed by atoms with Crippen LogP contribution >= 0.6 is 11.3 Å². The number of fused-ring (bicyclic) bond motifs is 1. The summed E-state index contributed by atoms with van der Waals surface area (Å²) in [4.78, 5) is 9.72. The molecule has 19 heavy (non-hydrogen) atoms. The molecule has 0 spiro atoms. The molecule has 0 saturated carbocycles. The smallest absolute Gasteiger partial charge is 0.185 e. The molecule has 0 aromatic carbocycles. The van der Waals surface area contributed by atoms with E-state index in [1.165, 1.54) is 37.5 Å². The van der Waals surface area contributed by atoms with Gasteiger partial charge in [0.2, 0.25) is 0 Å². The van der Waals surface area contributed by atoms with Crippen molar-refractivity contribution in [2.45, 2.75) is 38.3 Å². The fourth-order valence-corrected chi connectivity index (χ4v) is 4.42. The predicted molar refractivity (Wildman–Crippen MR) is 80.7 cm³/mol. The molecule has 4 nitrogen and oxygen atoms in total. The van der Waals surface area contributed by atoms with Crippen LogP contribution in [0.2, 0.25) is 0 Å². The van der Waals surface area contributed by atoms with Gasteiger partial charge in [-0.25, -0.2) is 4.98 Å². The number of thiazole rings is 1. The molecule has 2 N–H and O–H groups in total. The maximum atomic E-state index is 5.90. The number of likely N-dealkylation sites (tertiary alicyclic amines) is 1. The molecule has 0 aliphatic carbocycles. The number of nitrogens with two attached hydrogens (primary N) is 1. The number of nitrogens with zero attached hydrogens (tertiary/aromatic N) is 3. The quantitative estimate of drug-likeness (QED) is 0.901. The Morgan fingerprint density at radius 1 is 1.42 bits per heavy atom. The van der Waals surface area contributed by atoms with Gasteiger partial charge in [-0.2, -0.15) is 0 Å². The molecule has 2 saturated heterocycles. The highest BCUT2D eigenvalue weighted by Crippen LogP contribution is 2.33. The highest BCUT2D eigenvalue weighted by molar-refractivity contribution is 7.13. The summed E-state index contributed by atoms with van der Waals surface area (Å²) in [6, 6.07) is 0.834. The Labute approximate surface area is 119 Å². The Morgan fingerprint density at radius 3 is 3.00 bits per heavy atom. The van der Waals surface area contributed by atoms with E-state index < -0.39 is 0 Å². The van der Waals surface area contributed by atoms with Gasteiger partial charge in [0.15, 0.2) is 5.13 Å². The van der Waals surface area contributed by atoms with Crippen LogP contribution in [0.5, 0.6) is 0 Å². The summed E-state index contributed by atoms with van der Waals surface area (Å²) in [5.74, 6) is 0.815. The summed E-state index contributed by atoms with van der Waals surface area (Å²) >= 11 is 1.75. The first-order valence-electron chi connectivity index (χ1n) is 7.31. The molecule has 3 rings (SSSR count). The molecule has 3 unspecified atom stereocenters. The lowest BCUT2D eigenvalue weighted by molar-refractivity contribution is 0.102. The highest BCUT2D eigenvalue weighted by Gasteiger charge is 2.34. The van der Waals surface area contributed by atoms with Gasteiger partial charge in [-0.1, -0.05) is 0 Å². The van der Waals surface area contributed by atoms with E-state index in [0.717, 1.165) is 24.2 Å². The zero-order chi connectivity index (χ0) is 13.4. The summed E-state index contributed by atoms with van der Waals surface area (Å²) < 4.78 is 0. The first-order valence-corrected chi connectivity index (χ1v) is 8.19. The lowest BCUT2D eigenvalue weighted by Crippen LogP contribution is -2.52. The molecule has 2 aliphatic heterocycles. The van der Waals surface area contributed by atoms with Crippen LogP contribution < -0.4 is 10.6 Å². The second kappa shape index (κ2) is 5.38. The third-order valence-electron chi connectivity index (χ3n) is 4.59. The molecule has 3 heterocycles. The molecule has 1 aromatic heterocycles. The highest BCUT2D eigenvalue weighted by atomic mass is 32.1. The first kappa shape index (κ1) is 13.3. The molecular formula is C14H24N4S. The Morgan fingerprint density at radius 2 is 2.26 bits per heavy atom. The standard InChI is InChI=1S/C14H24N4S/c1-10(15)12-9-19-14(16-12)18-7-5-13-11(8-18)4-3-6-17(13)2/h9-11,13H,3-8,15H2,1-2H3. The average Bonchev–Trinajstić information content (AvgIpc) is 2.88. The van der Waals surface area contributed by atoms with Gasteiger partial charge in [-0.15, -0.1) is 11.3 Å². The molecule has 106 valence electrons. The van der Waals surface area contributed by atoms with Crippen molar-refractivity contribution in [2.75, 3.05) is 31.6 Å². The normalized spacial score (nSPS) is 30.2. The van der Waals surface area contributed by atoms with Gasteiger partial charge in [-0.05, 0) is 45.7 Å².